The van der Waals surface area contributed by atoms with Gasteiger partial charge in [0, 0.05) is 32.2 Å². The molecule has 0 N–H and O–H groups in total. The van der Waals surface area contributed by atoms with Crippen LogP contribution in [0.3, 0.4) is 0 Å². The number of anilines is 1. The molecule has 3 heterocycles. The Balaban J connectivity index is 1.40. The number of aromatic nitrogens is 5. The molecule has 10 heteroatoms. The molecule has 0 atom stereocenters. The fourth-order valence-electron chi connectivity index (χ4n) is 2.91. The average molecular weight is 371 g/mol. The van der Waals surface area contributed by atoms with Gasteiger partial charge >= 0.3 is 0 Å². The number of benzene rings is 1. The Kier molecular flexibility index (Phi) is 4.45. The third-order valence-corrected chi connectivity index (χ3v) is 4.34. The van der Waals surface area contributed by atoms with Crippen molar-refractivity contribution in [3.63, 3.8) is 0 Å². The molecule has 1 aliphatic rings. The SMILES string of the molecule is O=C(c1ccc(F)cc1F)N1CCN(c2ccc(-n3cncn3)nn2)CC1. The number of amides is 1. The van der Waals surface area contributed by atoms with Crippen LogP contribution in [-0.4, -0.2) is 61.9 Å². The number of hydrogen-bond acceptors (Lipinski definition) is 6. The average Bonchev–Trinajstić information content (AvgIpc) is 3.23. The predicted octanol–water partition coefficient (Wildman–Crippen LogP) is 1.30. The number of carbonyl (C=O) groups is 1. The van der Waals surface area contributed by atoms with Gasteiger partial charge in [-0.15, -0.1) is 10.2 Å². The Morgan fingerprint density at radius 1 is 0.963 bits per heavy atom. The molecule has 8 nitrogen and oxygen atoms in total. The second kappa shape index (κ2) is 7.06. The van der Waals surface area contributed by atoms with E-state index in [1.165, 1.54) is 23.4 Å². The maximum Gasteiger partial charge on any atom is 0.256 e. The molecule has 138 valence electrons. The second-order valence-corrected chi connectivity index (χ2v) is 5.99. The Morgan fingerprint density at radius 2 is 1.70 bits per heavy atom. The summed E-state index contributed by atoms with van der Waals surface area (Å²) < 4.78 is 28.3. The van der Waals surface area contributed by atoms with Gasteiger partial charge in [0.15, 0.2) is 11.6 Å². The number of carbonyl (C=O) groups excluding carboxylic acids is 1. The van der Waals surface area contributed by atoms with E-state index in [2.05, 4.69) is 20.3 Å². The van der Waals surface area contributed by atoms with Crippen LogP contribution in [0.5, 0.6) is 0 Å². The summed E-state index contributed by atoms with van der Waals surface area (Å²) in [5, 5.41) is 12.3. The van der Waals surface area contributed by atoms with E-state index in [1.807, 2.05) is 11.0 Å². The molecule has 1 aromatic carbocycles. The number of piperazine rings is 1. The first-order chi connectivity index (χ1) is 13.1. The molecule has 0 spiro atoms. The molecular formula is C17H15F2N7O. The number of rotatable bonds is 3. The summed E-state index contributed by atoms with van der Waals surface area (Å²) in [6.45, 7) is 1.88. The summed E-state index contributed by atoms with van der Waals surface area (Å²) in [5.41, 5.74) is -0.123. The maximum atomic E-state index is 13.8. The van der Waals surface area contributed by atoms with E-state index in [1.54, 1.807) is 11.0 Å². The topological polar surface area (TPSA) is 80.0 Å². The second-order valence-electron chi connectivity index (χ2n) is 5.99. The fraction of sp³-hybridized carbons (Fsp3) is 0.235. The molecule has 0 radical (unpaired) electrons. The first kappa shape index (κ1) is 17.0. The molecule has 1 saturated heterocycles. The minimum absolute atomic E-state index is 0.123. The summed E-state index contributed by atoms with van der Waals surface area (Å²) in [4.78, 5) is 19.8. The molecule has 2 aromatic heterocycles. The first-order valence-corrected chi connectivity index (χ1v) is 8.30. The van der Waals surface area contributed by atoms with Crippen molar-refractivity contribution in [1.29, 1.82) is 0 Å². The van der Waals surface area contributed by atoms with Crippen LogP contribution < -0.4 is 4.90 Å². The van der Waals surface area contributed by atoms with E-state index >= 15 is 0 Å². The van der Waals surface area contributed by atoms with Crippen molar-refractivity contribution in [1.82, 2.24) is 29.9 Å². The molecule has 3 aromatic rings. The monoisotopic (exact) mass is 371 g/mol. The lowest BCUT2D eigenvalue weighted by molar-refractivity contribution is 0.0741. The molecule has 0 aliphatic carbocycles. The lowest BCUT2D eigenvalue weighted by Crippen LogP contribution is -2.49. The normalized spacial score (nSPS) is 14.4. The standard InChI is InChI=1S/C17H15F2N7O/c18-12-1-2-13(14(19)9-12)17(27)25-7-5-24(6-8-25)15-3-4-16(23-22-15)26-11-20-10-21-26/h1-4,9-11H,5-8H2. The smallest absolute Gasteiger partial charge is 0.256 e. The lowest BCUT2D eigenvalue weighted by atomic mass is 10.1. The molecule has 0 unspecified atom stereocenters. The van der Waals surface area contributed by atoms with Crippen molar-refractivity contribution in [3.05, 3.63) is 60.2 Å². The van der Waals surface area contributed by atoms with Gasteiger partial charge in [-0.25, -0.2) is 18.4 Å². The summed E-state index contributed by atoms with van der Waals surface area (Å²) in [6.07, 6.45) is 2.94. The van der Waals surface area contributed by atoms with Crippen LogP contribution in [0.2, 0.25) is 0 Å². The van der Waals surface area contributed by atoms with Crippen LogP contribution in [0.15, 0.2) is 43.0 Å². The molecule has 1 fully saturated rings. The molecule has 4 rings (SSSR count). The van der Waals surface area contributed by atoms with Gasteiger partial charge in [0.05, 0.1) is 5.56 Å². The van der Waals surface area contributed by atoms with E-state index in [0.717, 1.165) is 12.1 Å². The summed E-state index contributed by atoms with van der Waals surface area (Å²) in [6, 6.07) is 6.58. The zero-order chi connectivity index (χ0) is 18.8. The summed E-state index contributed by atoms with van der Waals surface area (Å²) in [5.74, 6) is -0.769. The van der Waals surface area contributed by atoms with Crippen molar-refractivity contribution >= 4 is 11.7 Å². The highest BCUT2D eigenvalue weighted by Gasteiger charge is 2.25. The van der Waals surface area contributed by atoms with Gasteiger partial charge in [-0.05, 0) is 24.3 Å². The summed E-state index contributed by atoms with van der Waals surface area (Å²) in [7, 11) is 0. The van der Waals surface area contributed by atoms with Crippen LogP contribution in [0.4, 0.5) is 14.6 Å². The van der Waals surface area contributed by atoms with E-state index in [-0.39, 0.29) is 5.56 Å². The van der Waals surface area contributed by atoms with Crippen LogP contribution in [-0.2, 0) is 0 Å². The van der Waals surface area contributed by atoms with Gasteiger partial charge in [0.25, 0.3) is 5.91 Å². The molecule has 27 heavy (non-hydrogen) atoms. The van der Waals surface area contributed by atoms with Crippen molar-refractivity contribution in [2.24, 2.45) is 0 Å². The predicted molar refractivity (Wildman–Crippen MR) is 91.4 cm³/mol. The van der Waals surface area contributed by atoms with Gasteiger partial charge in [0.2, 0.25) is 0 Å². The fourth-order valence-corrected chi connectivity index (χ4v) is 2.91. The van der Waals surface area contributed by atoms with Gasteiger partial charge in [0.1, 0.15) is 24.3 Å². The van der Waals surface area contributed by atoms with Crippen LogP contribution >= 0.6 is 0 Å². The van der Waals surface area contributed by atoms with Crippen molar-refractivity contribution in [3.8, 4) is 5.82 Å². The minimum atomic E-state index is -0.850. The molecular weight excluding hydrogens is 356 g/mol. The van der Waals surface area contributed by atoms with Crippen LogP contribution in [0, 0.1) is 11.6 Å². The molecule has 0 bridgehead atoms. The van der Waals surface area contributed by atoms with E-state index < -0.39 is 17.5 Å². The van der Waals surface area contributed by atoms with E-state index in [0.29, 0.717) is 37.8 Å². The van der Waals surface area contributed by atoms with Crippen molar-refractivity contribution in [2.45, 2.75) is 0 Å². The number of hydrogen-bond donors (Lipinski definition) is 0. The Bertz CT molecular complexity index is 938. The zero-order valence-corrected chi connectivity index (χ0v) is 14.2. The Hall–Kier alpha value is -3.43. The highest BCUT2D eigenvalue weighted by Crippen LogP contribution is 2.17. The molecule has 1 amide bonds. The quantitative estimate of drug-likeness (QED) is 0.690. The Labute approximate surface area is 153 Å². The maximum absolute atomic E-state index is 13.8. The van der Waals surface area contributed by atoms with E-state index in [9.17, 15) is 13.6 Å². The van der Waals surface area contributed by atoms with Crippen molar-refractivity contribution < 1.29 is 13.6 Å². The third kappa shape index (κ3) is 3.46. The summed E-state index contributed by atoms with van der Waals surface area (Å²) >= 11 is 0. The lowest BCUT2D eigenvalue weighted by Gasteiger charge is -2.35. The van der Waals surface area contributed by atoms with Gasteiger partial charge in [-0.3, -0.25) is 4.79 Å². The van der Waals surface area contributed by atoms with Crippen LogP contribution in [0.25, 0.3) is 5.82 Å². The number of halogens is 2. The number of nitrogens with zero attached hydrogens (tertiary/aromatic N) is 7. The highest BCUT2D eigenvalue weighted by molar-refractivity contribution is 5.94. The largest absolute Gasteiger partial charge is 0.352 e. The van der Waals surface area contributed by atoms with Gasteiger partial charge < -0.3 is 9.80 Å². The Morgan fingerprint density at radius 3 is 2.33 bits per heavy atom. The van der Waals surface area contributed by atoms with E-state index in [4.69, 9.17) is 0 Å². The first-order valence-electron chi connectivity index (χ1n) is 8.30. The van der Waals surface area contributed by atoms with Gasteiger partial charge in [-0.2, -0.15) is 5.10 Å². The zero-order valence-electron chi connectivity index (χ0n) is 14.2. The highest BCUT2D eigenvalue weighted by atomic mass is 19.1. The van der Waals surface area contributed by atoms with Crippen LogP contribution in [0.1, 0.15) is 10.4 Å². The third-order valence-electron chi connectivity index (χ3n) is 4.34. The van der Waals surface area contributed by atoms with Gasteiger partial charge in [-0.1, -0.05) is 0 Å². The van der Waals surface area contributed by atoms with Crippen molar-refractivity contribution in [2.75, 3.05) is 31.1 Å². The molecule has 1 aliphatic heterocycles. The molecule has 0 saturated carbocycles. The minimum Gasteiger partial charge on any atom is -0.352 e.